The molecule has 0 radical (unpaired) electrons. The maximum atomic E-state index is 9.33. The molecule has 3 rings (SSSR count). The van der Waals surface area contributed by atoms with E-state index >= 15 is 0 Å². The lowest BCUT2D eigenvalue weighted by Crippen LogP contribution is -2.28. The Bertz CT molecular complexity index is 759. The van der Waals surface area contributed by atoms with E-state index in [1.807, 2.05) is 36.5 Å². The lowest BCUT2D eigenvalue weighted by atomic mass is 9.95. The van der Waals surface area contributed by atoms with E-state index in [0.29, 0.717) is 22.8 Å². The van der Waals surface area contributed by atoms with E-state index in [1.165, 1.54) is 0 Å². The molecule has 0 saturated heterocycles. The van der Waals surface area contributed by atoms with Gasteiger partial charge in [0.05, 0.1) is 27.9 Å². The predicted molar refractivity (Wildman–Crippen MR) is 86.2 cm³/mol. The number of halogens is 2. The van der Waals surface area contributed by atoms with Crippen molar-refractivity contribution >= 4 is 33.4 Å². The fraction of sp³-hybridized carbons (Fsp3) is 0.133. The van der Waals surface area contributed by atoms with Crippen molar-refractivity contribution in [1.29, 1.82) is 5.26 Å². The molecule has 2 aromatic rings. The van der Waals surface area contributed by atoms with Crippen molar-refractivity contribution in [2.45, 2.75) is 12.5 Å². The molecule has 21 heavy (non-hydrogen) atoms. The van der Waals surface area contributed by atoms with Crippen LogP contribution in [0.5, 0.6) is 0 Å². The van der Waals surface area contributed by atoms with Gasteiger partial charge >= 0.3 is 0 Å². The summed E-state index contributed by atoms with van der Waals surface area (Å²) in [7, 11) is 0. The number of rotatable bonds is 2. The first-order chi connectivity index (χ1) is 10.1. The summed E-state index contributed by atoms with van der Waals surface area (Å²) >= 11 is 9.51. The summed E-state index contributed by atoms with van der Waals surface area (Å²) in [6, 6.07) is 11.7. The van der Waals surface area contributed by atoms with Crippen LogP contribution >= 0.6 is 27.7 Å². The lowest BCUT2D eigenvalue weighted by Gasteiger charge is -2.32. The number of benzene rings is 1. The van der Waals surface area contributed by atoms with Crippen LogP contribution in [0.1, 0.15) is 22.9 Å². The van der Waals surface area contributed by atoms with Gasteiger partial charge in [0.2, 0.25) is 0 Å². The summed E-state index contributed by atoms with van der Waals surface area (Å²) < 4.78 is 1.74. The number of nitrogens with one attached hydrogen (secondary N) is 1. The van der Waals surface area contributed by atoms with E-state index < -0.39 is 0 Å². The molecule has 1 aromatic carbocycles. The number of nitrogens with two attached hydrogens (primary N) is 1. The summed E-state index contributed by atoms with van der Waals surface area (Å²) in [5, 5.41) is 10.0. The van der Waals surface area contributed by atoms with Gasteiger partial charge in [-0.3, -0.25) is 3.93 Å². The monoisotopic (exact) mass is 362 g/mol. The zero-order valence-electron chi connectivity index (χ0n) is 11.0. The minimum absolute atomic E-state index is 0.0459. The van der Waals surface area contributed by atoms with E-state index in [2.05, 4.69) is 27.2 Å². The Morgan fingerprint density at radius 2 is 2.24 bits per heavy atom. The Balaban J connectivity index is 2.02. The highest BCUT2D eigenvalue weighted by molar-refractivity contribution is 9.07. The molecular formula is C15H12BrClN4. The fourth-order valence-corrected chi connectivity index (χ4v) is 3.41. The van der Waals surface area contributed by atoms with Crippen LogP contribution < -0.4 is 5.73 Å². The van der Waals surface area contributed by atoms with Crippen LogP contribution in [0.3, 0.4) is 0 Å². The fourth-order valence-electron chi connectivity index (χ4n) is 2.58. The number of hydrogen-bond acceptors (Lipinski definition) is 3. The predicted octanol–water partition coefficient (Wildman–Crippen LogP) is 3.73. The van der Waals surface area contributed by atoms with Gasteiger partial charge in [-0.05, 0) is 30.2 Å². The third-order valence-electron chi connectivity index (χ3n) is 3.57. The summed E-state index contributed by atoms with van der Waals surface area (Å²) in [4.78, 5) is 3.22. The molecule has 1 unspecified atom stereocenters. The van der Waals surface area contributed by atoms with Crippen LogP contribution in [0.15, 0.2) is 42.2 Å². The second-order valence-corrected chi connectivity index (χ2v) is 6.04. The minimum Gasteiger partial charge on any atom is -0.396 e. The molecule has 0 amide bonds. The summed E-state index contributed by atoms with van der Waals surface area (Å²) in [5.74, 6) is 0. The van der Waals surface area contributed by atoms with Gasteiger partial charge in [-0.25, -0.2) is 0 Å². The lowest BCUT2D eigenvalue weighted by molar-refractivity contribution is 0.434. The molecule has 106 valence electrons. The van der Waals surface area contributed by atoms with Crippen LogP contribution in [0, 0.1) is 11.3 Å². The van der Waals surface area contributed by atoms with Crippen LogP contribution in [-0.2, 0) is 6.42 Å². The van der Waals surface area contributed by atoms with E-state index in [9.17, 15) is 5.26 Å². The van der Waals surface area contributed by atoms with Crippen molar-refractivity contribution in [2.24, 2.45) is 5.73 Å². The summed E-state index contributed by atoms with van der Waals surface area (Å²) in [6.45, 7) is 0. The van der Waals surface area contributed by atoms with Crippen molar-refractivity contribution in [1.82, 2.24) is 8.91 Å². The quantitative estimate of drug-likeness (QED) is 0.799. The van der Waals surface area contributed by atoms with Crippen LogP contribution in [0.2, 0.25) is 5.02 Å². The first kappa shape index (κ1) is 14.1. The molecule has 0 saturated carbocycles. The Morgan fingerprint density at radius 1 is 1.43 bits per heavy atom. The maximum Gasteiger partial charge on any atom is 0.150 e. The molecule has 1 aliphatic heterocycles. The second kappa shape index (κ2) is 5.47. The highest BCUT2D eigenvalue weighted by Gasteiger charge is 2.32. The van der Waals surface area contributed by atoms with Crippen LogP contribution in [0.25, 0.3) is 5.70 Å². The number of nitriles is 1. The van der Waals surface area contributed by atoms with Gasteiger partial charge in [0.1, 0.15) is 6.07 Å². The summed E-state index contributed by atoms with van der Waals surface area (Å²) in [5.41, 5.74) is 9.93. The molecule has 1 atom stereocenters. The zero-order valence-corrected chi connectivity index (χ0v) is 13.3. The number of allylic oxidation sites excluding steroid dienone is 1. The molecule has 0 aliphatic carbocycles. The number of aromatic amines is 1. The van der Waals surface area contributed by atoms with Crippen molar-refractivity contribution in [3.05, 3.63) is 64.1 Å². The maximum absolute atomic E-state index is 9.33. The second-order valence-electron chi connectivity index (χ2n) is 4.84. The molecule has 1 aliphatic rings. The molecule has 3 N–H and O–H groups in total. The third kappa shape index (κ3) is 2.41. The van der Waals surface area contributed by atoms with E-state index in [1.54, 1.807) is 3.93 Å². The van der Waals surface area contributed by atoms with Gasteiger partial charge < -0.3 is 10.7 Å². The van der Waals surface area contributed by atoms with Gasteiger partial charge in [0.25, 0.3) is 0 Å². The highest BCUT2D eigenvalue weighted by Crippen LogP contribution is 2.40. The Kier molecular flexibility index (Phi) is 3.66. The highest BCUT2D eigenvalue weighted by atomic mass is 79.9. The molecule has 0 spiro atoms. The van der Waals surface area contributed by atoms with Crippen molar-refractivity contribution in [3.63, 3.8) is 0 Å². The number of H-pyrrole nitrogens is 1. The van der Waals surface area contributed by atoms with Gasteiger partial charge in [0.15, 0.2) is 5.70 Å². The van der Waals surface area contributed by atoms with Gasteiger partial charge in [-0.1, -0.05) is 23.7 Å². The molecule has 0 bridgehead atoms. The van der Waals surface area contributed by atoms with E-state index in [4.69, 9.17) is 17.3 Å². The first-order valence-electron chi connectivity index (χ1n) is 6.38. The molecule has 2 heterocycles. The Hall–Kier alpha value is -1.90. The van der Waals surface area contributed by atoms with Gasteiger partial charge in [-0.2, -0.15) is 5.26 Å². The smallest absolute Gasteiger partial charge is 0.150 e. The number of hydrogen-bond donors (Lipinski definition) is 2. The number of aromatic nitrogens is 1. The average Bonchev–Trinajstić information content (AvgIpc) is 2.94. The topological polar surface area (TPSA) is 68.8 Å². The number of fused-ring (bicyclic) bond motifs is 1. The minimum atomic E-state index is -0.0459. The number of nitrogens with zero attached hydrogens (tertiary/aromatic N) is 2. The van der Waals surface area contributed by atoms with Crippen LogP contribution in [0.4, 0.5) is 0 Å². The third-order valence-corrected chi connectivity index (χ3v) is 4.65. The SMILES string of the molecule is N#CC1=C(N)c2cc[nH]c2C(Cc2cccc(Cl)c2)N1Br. The van der Waals surface area contributed by atoms with E-state index in [-0.39, 0.29) is 6.04 Å². The molecule has 0 fully saturated rings. The normalized spacial score (nSPS) is 17.6. The standard InChI is InChI=1S/C15H12BrClN4/c16-21-12(7-9-2-1-3-10(17)6-9)15-11(4-5-20-15)14(19)13(21)8-18/h1-6,12,20H,7,19H2. The Labute approximate surface area is 136 Å². The molecule has 1 aromatic heterocycles. The largest absolute Gasteiger partial charge is 0.396 e. The van der Waals surface area contributed by atoms with E-state index in [0.717, 1.165) is 16.8 Å². The first-order valence-corrected chi connectivity index (χ1v) is 7.47. The molecule has 4 nitrogen and oxygen atoms in total. The van der Waals surface area contributed by atoms with Crippen LogP contribution in [-0.4, -0.2) is 8.91 Å². The molecular weight excluding hydrogens is 352 g/mol. The van der Waals surface area contributed by atoms with Crippen molar-refractivity contribution in [2.75, 3.05) is 0 Å². The molecule has 6 heteroatoms. The van der Waals surface area contributed by atoms with Crippen molar-refractivity contribution in [3.8, 4) is 6.07 Å². The van der Waals surface area contributed by atoms with Crippen molar-refractivity contribution < 1.29 is 0 Å². The summed E-state index contributed by atoms with van der Waals surface area (Å²) in [6.07, 6.45) is 2.54. The average molecular weight is 364 g/mol. The Morgan fingerprint density at radius 3 is 2.95 bits per heavy atom. The van der Waals surface area contributed by atoms with Gasteiger partial charge in [-0.15, -0.1) is 0 Å². The van der Waals surface area contributed by atoms with Gasteiger partial charge in [0, 0.05) is 22.5 Å². The zero-order chi connectivity index (χ0) is 15.0.